The molecule has 1 aromatic rings. The van der Waals surface area contributed by atoms with E-state index in [0.29, 0.717) is 6.54 Å². The van der Waals surface area contributed by atoms with Crippen LogP contribution in [0.3, 0.4) is 0 Å². The van der Waals surface area contributed by atoms with Crippen molar-refractivity contribution in [3.05, 3.63) is 23.8 Å². The number of carbonyl (C=O) groups excluding carboxylic acids is 1. The molecule has 16 heavy (non-hydrogen) atoms. The summed E-state index contributed by atoms with van der Waals surface area (Å²) < 4.78 is 0. The minimum absolute atomic E-state index is 0.0426. The molecule has 0 radical (unpaired) electrons. The minimum atomic E-state index is -1.14. The van der Waals surface area contributed by atoms with Gasteiger partial charge in [-0.05, 0) is 25.1 Å². The van der Waals surface area contributed by atoms with Gasteiger partial charge in [0.25, 0.3) is 0 Å². The van der Waals surface area contributed by atoms with Gasteiger partial charge in [0.1, 0.15) is 5.75 Å². The smallest absolute Gasteiger partial charge is 0.335 e. The molecular weight excluding hydrogens is 212 g/mol. The first kappa shape index (κ1) is 11.8. The first-order valence-corrected chi connectivity index (χ1v) is 4.65. The molecule has 0 bridgehead atoms. The molecule has 0 spiro atoms. The van der Waals surface area contributed by atoms with Crippen LogP contribution in [0.15, 0.2) is 18.2 Å². The summed E-state index contributed by atoms with van der Waals surface area (Å²) in [6.07, 6.45) is 0. The molecule has 0 heterocycles. The largest absolute Gasteiger partial charge is 0.506 e. The Labute approximate surface area is 91.9 Å². The highest BCUT2D eigenvalue weighted by Gasteiger charge is 2.09. The molecule has 0 aromatic heterocycles. The van der Waals surface area contributed by atoms with Crippen LogP contribution in [0.25, 0.3) is 0 Å². The lowest BCUT2D eigenvalue weighted by atomic mass is 10.2. The second-order valence-electron chi connectivity index (χ2n) is 3.02. The van der Waals surface area contributed by atoms with E-state index in [1.54, 1.807) is 6.92 Å². The lowest BCUT2D eigenvalue weighted by Crippen LogP contribution is -2.28. The van der Waals surface area contributed by atoms with Crippen molar-refractivity contribution >= 4 is 17.7 Å². The van der Waals surface area contributed by atoms with Crippen molar-refractivity contribution in [2.45, 2.75) is 6.92 Å². The zero-order chi connectivity index (χ0) is 12.1. The number of benzene rings is 1. The molecule has 6 nitrogen and oxygen atoms in total. The van der Waals surface area contributed by atoms with Gasteiger partial charge in [0.15, 0.2) is 0 Å². The van der Waals surface area contributed by atoms with Crippen molar-refractivity contribution in [1.29, 1.82) is 0 Å². The van der Waals surface area contributed by atoms with Crippen LogP contribution in [0, 0.1) is 0 Å². The standard InChI is InChI=1S/C10H12N2O4/c1-2-11-10(16)12-7-4-3-6(9(14)15)5-8(7)13/h3-5,13H,2H2,1H3,(H,14,15)(H2,11,12,16). The monoisotopic (exact) mass is 224 g/mol. The Morgan fingerprint density at radius 1 is 1.38 bits per heavy atom. The van der Waals surface area contributed by atoms with Crippen molar-refractivity contribution in [2.75, 3.05) is 11.9 Å². The number of hydrogen-bond acceptors (Lipinski definition) is 3. The van der Waals surface area contributed by atoms with Gasteiger partial charge in [-0.2, -0.15) is 0 Å². The van der Waals surface area contributed by atoms with Crippen molar-refractivity contribution in [1.82, 2.24) is 5.32 Å². The highest BCUT2D eigenvalue weighted by atomic mass is 16.4. The number of hydrogen-bond donors (Lipinski definition) is 4. The maximum absolute atomic E-state index is 11.1. The number of rotatable bonds is 3. The number of carbonyl (C=O) groups is 2. The molecule has 0 unspecified atom stereocenters. The van der Waals surface area contributed by atoms with Gasteiger partial charge in [0.2, 0.25) is 0 Å². The molecule has 2 amide bonds. The van der Waals surface area contributed by atoms with Gasteiger partial charge in [-0.3, -0.25) is 0 Å². The summed E-state index contributed by atoms with van der Waals surface area (Å²) in [5, 5.41) is 23.0. The number of urea groups is 1. The summed E-state index contributed by atoms with van der Waals surface area (Å²) in [6.45, 7) is 2.22. The molecule has 4 N–H and O–H groups in total. The third kappa shape index (κ3) is 2.88. The molecule has 0 saturated carbocycles. The number of anilines is 1. The van der Waals surface area contributed by atoms with Crippen molar-refractivity contribution in [3.63, 3.8) is 0 Å². The van der Waals surface area contributed by atoms with Gasteiger partial charge >= 0.3 is 12.0 Å². The molecule has 0 aliphatic heterocycles. The molecule has 1 aromatic carbocycles. The average molecular weight is 224 g/mol. The highest BCUT2D eigenvalue weighted by molar-refractivity contribution is 5.93. The van der Waals surface area contributed by atoms with Gasteiger partial charge in [0.05, 0.1) is 11.3 Å². The van der Waals surface area contributed by atoms with Crippen LogP contribution in [0.2, 0.25) is 0 Å². The fraction of sp³-hybridized carbons (Fsp3) is 0.200. The number of phenols is 1. The quantitative estimate of drug-likeness (QED) is 0.580. The number of phenolic OH excluding ortho intramolecular Hbond substituents is 1. The molecule has 0 saturated heterocycles. The number of amides is 2. The predicted octanol–water partition coefficient (Wildman–Crippen LogP) is 1.23. The van der Waals surface area contributed by atoms with E-state index in [-0.39, 0.29) is 17.0 Å². The Morgan fingerprint density at radius 2 is 2.06 bits per heavy atom. The maximum Gasteiger partial charge on any atom is 0.335 e. The zero-order valence-electron chi connectivity index (χ0n) is 8.65. The topological polar surface area (TPSA) is 98.7 Å². The lowest BCUT2D eigenvalue weighted by Gasteiger charge is -2.08. The fourth-order valence-corrected chi connectivity index (χ4v) is 1.10. The van der Waals surface area contributed by atoms with E-state index in [2.05, 4.69) is 10.6 Å². The molecule has 0 fully saturated rings. The first-order valence-electron chi connectivity index (χ1n) is 4.65. The van der Waals surface area contributed by atoms with Crippen LogP contribution in [0.1, 0.15) is 17.3 Å². The lowest BCUT2D eigenvalue weighted by molar-refractivity contribution is 0.0696. The van der Waals surface area contributed by atoms with Crippen LogP contribution in [0.5, 0.6) is 5.75 Å². The van der Waals surface area contributed by atoms with Gasteiger partial charge in [0, 0.05) is 6.54 Å². The molecule has 86 valence electrons. The first-order chi connectivity index (χ1) is 7.54. The Morgan fingerprint density at radius 3 is 2.56 bits per heavy atom. The molecule has 1 rings (SSSR count). The SMILES string of the molecule is CCNC(=O)Nc1ccc(C(=O)O)cc1O. The average Bonchev–Trinajstić information content (AvgIpc) is 2.21. The van der Waals surface area contributed by atoms with E-state index in [1.165, 1.54) is 12.1 Å². The number of nitrogens with one attached hydrogen (secondary N) is 2. The van der Waals surface area contributed by atoms with Crippen molar-refractivity contribution in [3.8, 4) is 5.75 Å². The van der Waals surface area contributed by atoms with E-state index in [1.807, 2.05) is 0 Å². The van der Waals surface area contributed by atoms with E-state index in [0.717, 1.165) is 6.07 Å². The predicted molar refractivity (Wildman–Crippen MR) is 57.8 cm³/mol. The number of carboxylic acids is 1. The van der Waals surface area contributed by atoms with Crippen LogP contribution in [-0.2, 0) is 0 Å². The van der Waals surface area contributed by atoms with Crippen LogP contribution in [-0.4, -0.2) is 28.8 Å². The van der Waals surface area contributed by atoms with Gasteiger partial charge in [-0.25, -0.2) is 9.59 Å². The van der Waals surface area contributed by atoms with E-state index >= 15 is 0 Å². The van der Waals surface area contributed by atoms with Crippen LogP contribution in [0.4, 0.5) is 10.5 Å². The number of carboxylic acid groups (broad SMARTS) is 1. The third-order valence-electron chi connectivity index (χ3n) is 1.83. The fourth-order valence-electron chi connectivity index (χ4n) is 1.10. The van der Waals surface area contributed by atoms with E-state index in [4.69, 9.17) is 5.11 Å². The van der Waals surface area contributed by atoms with Crippen LogP contribution < -0.4 is 10.6 Å². The second-order valence-corrected chi connectivity index (χ2v) is 3.02. The van der Waals surface area contributed by atoms with Gasteiger partial charge < -0.3 is 20.8 Å². The Balaban J connectivity index is 2.83. The summed E-state index contributed by atoms with van der Waals surface area (Å²) in [7, 11) is 0. The van der Waals surface area contributed by atoms with Crippen LogP contribution >= 0.6 is 0 Å². The normalized spacial score (nSPS) is 9.56. The van der Waals surface area contributed by atoms with Gasteiger partial charge in [-0.15, -0.1) is 0 Å². The maximum atomic E-state index is 11.1. The molecular formula is C10H12N2O4. The molecule has 0 aliphatic carbocycles. The summed E-state index contributed by atoms with van der Waals surface area (Å²) in [6, 6.07) is 3.24. The summed E-state index contributed by atoms with van der Waals surface area (Å²) in [4.78, 5) is 21.7. The number of aromatic hydroxyl groups is 1. The minimum Gasteiger partial charge on any atom is -0.506 e. The van der Waals surface area contributed by atoms with Crippen molar-refractivity contribution in [2.24, 2.45) is 0 Å². The second kappa shape index (κ2) is 5.01. The third-order valence-corrected chi connectivity index (χ3v) is 1.83. The van der Waals surface area contributed by atoms with Crippen molar-refractivity contribution < 1.29 is 19.8 Å². The Hall–Kier alpha value is -2.24. The summed E-state index contributed by atoms with van der Waals surface area (Å²) >= 11 is 0. The van der Waals surface area contributed by atoms with E-state index < -0.39 is 12.0 Å². The van der Waals surface area contributed by atoms with E-state index in [9.17, 15) is 14.7 Å². The number of aromatic carboxylic acids is 1. The zero-order valence-corrected chi connectivity index (χ0v) is 8.65. The molecule has 0 aliphatic rings. The highest BCUT2D eigenvalue weighted by Crippen LogP contribution is 2.23. The Bertz CT molecular complexity index is 417. The summed E-state index contributed by atoms with van der Waals surface area (Å²) in [5.41, 5.74) is 0.120. The van der Waals surface area contributed by atoms with Gasteiger partial charge in [-0.1, -0.05) is 0 Å². The Kier molecular flexibility index (Phi) is 3.71. The molecule has 6 heteroatoms. The summed E-state index contributed by atoms with van der Waals surface area (Å²) in [5.74, 6) is -1.42. The molecule has 0 atom stereocenters.